The number of carbonyl (C=O) groups is 2. The Kier molecular flexibility index (Phi) is 4.88. The van der Waals surface area contributed by atoms with E-state index in [2.05, 4.69) is 0 Å². The van der Waals surface area contributed by atoms with Gasteiger partial charge in [0.15, 0.2) is 5.92 Å². The summed E-state index contributed by atoms with van der Waals surface area (Å²) in [5.41, 5.74) is 1.08. The summed E-state index contributed by atoms with van der Waals surface area (Å²) >= 11 is 0. The van der Waals surface area contributed by atoms with Crippen LogP contribution in [0.5, 0.6) is 0 Å². The largest absolute Gasteiger partial charge is 0.480 e. The molecule has 0 heterocycles. The number of carbonyl (C=O) groups excluding carboxylic acids is 1. The van der Waals surface area contributed by atoms with Crippen molar-refractivity contribution in [1.29, 1.82) is 0 Å². The normalized spacial score (nSPS) is 11.7. The summed E-state index contributed by atoms with van der Waals surface area (Å²) in [7, 11) is 0. The van der Waals surface area contributed by atoms with Crippen molar-refractivity contribution in [2.45, 2.75) is 12.8 Å². The summed E-state index contributed by atoms with van der Waals surface area (Å²) in [6.45, 7) is 1.64. The number of carboxylic acids is 1. The van der Waals surface area contributed by atoms with Crippen molar-refractivity contribution in [3.05, 3.63) is 59.9 Å². The van der Waals surface area contributed by atoms with Crippen LogP contribution in [0.2, 0.25) is 0 Å². The minimum atomic E-state index is -1.53. The zero-order valence-corrected chi connectivity index (χ0v) is 12.0. The Labute approximate surface area is 127 Å². The zero-order chi connectivity index (χ0) is 16.1. The quantitative estimate of drug-likeness (QED) is 0.680. The summed E-state index contributed by atoms with van der Waals surface area (Å²) in [5.74, 6) is -4.38. The topological polar surface area (TPSA) is 63.6 Å². The molecule has 0 aliphatic carbocycles. The van der Waals surface area contributed by atoms with E-state index in [-0.39, 0.29) is 12.2 Å². The van der Waals surface area contributed by atoms with Crippen LogP contribution < -0.4 is 0 Å². The fourth-order valence-electron chi connectivity index (χ4n) is 2.17. The van der Waals surface area contributed by atoms with Gasteiger partial charge in [0.1, 0.15) is 5.82 Å². The van der Waals surface area contributed by atoms with E-state index in [9.17, 15) is 19.1 Å². The lowest BCUT2D eigenvalue weighted by Gasteiger charge is -2.13. The number of ether oxygens (including phenoxy) is 1. The molecular formula is C17H15FO4. The van der Waals surface area contributed by atoms with Gasteiger partial charge in [-0.1, -0.05) is 42.5 Å². The van der Waals surface area contributed by atoms with E-state index >= 15 is 0 Å². The summed E-state index contributed by atoms with van der Waals surface area (Å²) in [6, 6.07) is 12.8. The number of esters is 1. The summed E-state index contributed by atoms with van der Waals surface area (Å²) < 4.78 is 19.0. The number of hydrogen-bond acceptors (Lipinski definition) is 3. The Morgan fingerprint density at radius 1 is 1.18 bits per heavy atom. The number of hydrogen-bond donors (Lipinski definition) is 1. The highest BCUT2D eigenvalue weighted by Crippen LogP contribution is 2.27. The van der Waals surface area contributed by atoms with E-state index in [1.807, 2.05) is 6.07 Å². The lowest BCUT2D eigenvalue weighted by molar-refractivity contribution is -0.153. The molecule has 0 fully saturated rings. The van der Waals surface area contributed by atoms with Gasteiger partial charge >= 0.3 is 11.9 Å². The number of rotatable bonds is 5. The molecule has 114 valence electrons. The third-order valence-electron chi connectivity index (χ3n) is 3.18. The fourth-order valence-corrected chi connectivity index (χ4v) is 2.17. The molecule has 22 heavy (non-hydrogen) atoms. The Bertz CT molecular complexity index is 682. The average molecular weight is 302 g/mol. The first-order chi connectivity index (χ1) is 10.5. The molecule has 2 aromatic rings. The molecule has 2 aromatic carbocycles. The first kappa shape index (κ1) is 15.7. The van der Waals surface area contributed by atoms with Gasteiger partial charge < -0.3 is 9.84 Å². The monoisotopic (exact) mass is 302 g/mol. The van der Waals surface area contributed by atoms with Crippen LogP contribution in [0.15, 0.2) is 48.5 Å². The van der Waals surface area contributed by atoms with Crippen molar-refractivity contribution in [2.75, 3.05) is 6.61 Å². The van der Waals surface area contributed by atoms with E-state index in [0.29, 0.717) is 11.1 Å². The molecule has 0 radical (unpaired) electrons. The molecule has 0 aliphatic heterocycles. The SMILES string of the molecule is CCOC(=O)C(C(=O)O)c1ccc(-c2ccccc2)c(F)c1. The number of carboxylic acid groups (broad SMARTS) is 1. The fraction of sp³-hybridized carbons (Fsp3) is 0.176. The van der Waals surface area contributed by atoms with E-state index in [0.717, 1.165) is 6.07 Å². The maximum absolute atomic E-state index is 14.3. The minimum Gasteiger partial charge on any atom is -0.480 e. The smallest absolute Gasteiger partial charge is 0.324 e. The average Bonchev–Trinajstić information content (AvgIpc) is 2.48. The summed E-state index contributed by atoms with van der Waals surface area (Å²) in [4.78, 5) is 23.0. The van der Waals surface area contributed by atoms with Crippen molar-refractivity contribution in [1.82, 2.24) is 0 Å². The lowest BCUT2D eigenvalue weighted by Crippen LogP contribution is -2.24. The van der Waals surface area contributed by atoms with E-state index in [1.54, 1.807) is 31.2 Å². The van der Waals surface area contributed by atoms with E-state index < -0.39 is 23.7 Å². The van der Waals surface area contributed by atoms with Crippen LogP contribution in [-0.4, -0.2) is 23.7 Å². The third kappa shape index (κ3) is 3.31. The van der Waals surface area contributed by atoms with Crippen LogP contribution in [0.1, 0.15) is 18.4 Å². The molecule has 5 heteroatoms. The highest BCUT2D eigenvalue weighted by molar-refractivity contribution is 6.00. The van der Waals surface area contributed by atoms with Crippen LogP contribution in [0.25, 0.3) is 11.1 Å². The van der Waals surface area contributed by atoms with Crippen molar-refractivity contribution < 1.29 is 23.8 Å². The van der Waals surface area contributed by atoms with Gasteiger partial charge in [-0.2, -0.15) is 0 Å². The Morgan fingerprint density at radius 3 is 2.41 bits per heavy atom. The van der Waals surface area contributed by atoms with E-state index in [4.69, 9.17) is 4.74 Å². The highest BCUT2D eigenvalue weighted by atomic mass is 19.1. The second kappa shape index (κ2) is 6.85. The third-order valence-corrected chi connectivity index (χ3v) is 3.18. The van der Waals surface area contributed by atoms with Gasteiger partial charge in [-0.15, -0.1) is 0 Å². The van der Waals surface area contributed by atoms with Crippen molar-refractivity contribution in [2.24, 2.45) is 0 Å². The Balaban J connectivity index is 2.39. The minimum absolute atomic E-state index is 0.0585. The maximum atomic E-state index is 14.3. The number of benzene rings is 2. The molecule has 0 aliphatic rings. The molecule has 1 N–H and O–H groups in total. The van der Waals surface area contributed by atoms with E-state index in [1.165, 1.54) is 12.1 Å². The molecule has 2 rings (SSSR count). The van der Waals surface area contributed by atoms with Gasteiger partial charge in [0.25, 0.3) is 0 Å². The molecule has 0 bridgehead atoms. The first-order valence-corrected chi connectivity index (χ1v) is 6.79. The molecule has 1 atom stereocenters. The predicted octanol–water partition coefficient (Wildman–Crippen LogP) is 3.22. The molecule has 1 unspecified atom stereocenters. The van der Waals surface area contributed by atoms with Crippen LogP contribution in [-0.2, 0) is 14.3 Å². The first-order valence-electron chi connectivity index (χ1n) is 6.79. The summed E-state index contributed by atoms with van der Waals surface area (Å²) in [5, 5.41) is 9.18. The predicted molar refractivity (Wildman–Crippen MR) is 78.8 cm³/mol. The molecular weight excluding hydrogens is 287 g/mol. The van der Waals surface area contributed by atoms with Crippen LogP contribution in [0.3, 0.4) is 0 Å². The molecule has 0 spiro atoms. The van der Waals surface area contributed by atoms with Crippen LogP contribution in [0, 0.1) is 5.82 Å². The van der Waals surface area contributed by atoms with Gasteiger partial charge in [0.2, 0.25) is 0 Å². The standard InChI is InChI=1S/C17H15FO4/c1-2-22-17(21)15(16(19)20)12-8-9-13(14(18)10-12)11-6-4-3-5-7-11/h3-10,15H,2H2,1H3,(H,19,20). The Morgan fingerprint density at radius 2 is 1.86 bits per heavy atom. The second-order valence-electron chi connectivity index (χ2n) is 4.63. The maximum Gasteiger partial charge on any atom is 0.324 e. The zero-order valence-electron chi connectivity index (χ0n) is 12.0. The summed E-state index contributed by atoms with van der Waals surface area (Å²) in [6.07, 6.45) is 0. The highest BCUT2D eigenvalue weighted by Gasteiger charge is 2.30. The number of aliphatic carboxylic acids is 1. The molecule has 0 saturated heterocycles. The van der Waals surface area contributed by atoms with Gasteiger partial charge in [0, 0.05) is 5.56 Å². The molecule has 4 nitrogen and oxygen atoms in total. The van der Waals surface area contributed by atoms with Crippen molar-refractivity contribution in [3.63, 3.8) is 0 Å². The van der Waals surface area contributed by atoms with Crippen molar-refractivity contribution >= 4 is 11.9 Å². The lowest BCUT2D eigenvalue weighted by atomic mass is 9.95. The van der Waals surface area contributed by atoms with Crippen LogP contribution in [0.4, 0.5) is 4.39 Å². The molecule has 0 amide bonds. The molecule has 0 aromatic heterocycles. The van der Waals surface area contributed by atoms with Gasteiger partial charge in [-0.3, -0.25) is 9.59 Å². The van der Waals surface area contributed by atoms with Crippen LogP contribution >= 0.6 is 0 Å². The molecule has 0 saturated carbocycles. The Hall–Kier alpha value is -2.69. The van der Waals surface area contributed by atoms with Gasteiger partial charge in [-0.05, 0) is 24.1 Å². The second-order valence-corrected chi connectivity index (χ2v) is 4.63. The van der Waals surface area contributed by atoms with Crippen molar-refractivity contribution in [3.8, 4) is 11.1 Å². The van der Waals surface area contributed by atoms with Gasteiger partial charge in [-0.25, -0.2) is 4.39 Å². The number of halogens is 1. The van der Waals surface area contributed by atoms with Gasteiger partial charge in [0.05, 0.1) is 6.61 Å².